The van der Waals surface area contributed by atoms with E-state index in [9.17, 15) is 10.4 Å². The number of aryl methyl sites for hydroxylation is 1. The maximum Gasteiger partial charge on any atom is 0.142 e. The lowest BCUT2D eigenvalue weighted by atomic mass is 9.98. The van der Waals surface area contributed by atoms with E-state index in [4.69, 9.17) is 4.74 Å². The Morgan fingerprint density at radius 3 is 1.27 bits per heavy atom. The van der Waals surface area contributed by atoms with Gasteiger partial charge in [-0.15, -0.1) is 0 Å². The van der Waals surface area contributed by atoms with Gasteiger partial charge in [-0.1, -0.05) is 91.8 Å². The van der Waals surface area contributed by atoms with Crippen LogP contribution in [0.2, 0.25) is 0 Å². The highest BCUT2D eigenvalue weighted by molar-refractivity contribution is 5.63. The summed E-state index contributed by atoms with van der Waals surface area (Å²) in [5.41, 5.74) is 13.5. The summed E-state index contributed by atoms with van der Waals surface area (Å²) in [5, 5.41) is 32.6. The van der Waals surface area contributed by atoms with Crippen molar-refractivity contribution in [3.05, 3.63) is 112 Å². The average molecular weight is 972 g/mol. The number of ether oxygens (including phenoxy) is 1. The number of nitrogens with one attached hydrogen (secondary N) is 4. The number of nitrogens with zero attached hydrogens (tertiary/aromatic N) is 5. The van der Waals surface area contributed by atoms with Gasteiger partial charge in [0.05, 0.1) is 30.7 Å². The van der Waals surface area contributed by atoms with E-state index < -0.39 is 0 Å². The van der Waals surface area contributed by atoms with Crippen molar-refractivity contribution < 1.29 is 9.84 Å². The molecular formula is C60H93N9O2. The molecule has 0 bridgehead atoms. The summed E-state index contributed by atoms with van der Waals surface area (Å²) in [6.45, 7) is 41.3. The molecule has 8 rings (SSSR count). The van der Waals surface area contributed by atoms with Gasteiger partial charge in [-0.3, -0.25) is 0 Å². The Hall–Kier alpha value is -4.83. The molecule has 390 valence electrons. The Kier molecular flexibility index (Phi) is 22.4. The van der Waals surface area contributed by atoms with Crippen molar-refractivity contribution in [3.63, 3.8) is 0 Å². The van der Waals surface area contributed by atoms with Gasteiger partial charge in [-0.05, 0) is 123 Å². The molecule has 11 heteroatoms. The molecule has 0 aliphatic carbocycles. The molecule has 4 aromatic rings. The van der Waals surface area contributed by atoms with Crippen molar-refractivity contribution >= 4 is 22.7 Å². The van der Waals surface area contributed by atoms with Gasteiger partial charge in [0.25, 0.3) is 0 Å². The van der Waals surface area contributed by atoms with Crippen LogP contribution in [0.3, 0.4) is 0 Å². The molecule has 4 fully saturated rings. The van der Waals surface area contributed by atoms with Crippen molar-refractivity contribution in [1.82, 2.24) is 21.3 Å². The van der Waals surface area contributed by atoms with Crippen LogP contribution < -0.4 is 45.6 Å². The third-order valence-electron chi connectivity index (χ3n) is 14.7. The zero-order valence-corrected chi connectivity index (χ0v) is 46.3. The number of rotatable bonds is 10. The van der Waals surface area contributed by atoms with Crippen LogP contribution in [0.5, 0.6) is 5.75 Å². The molecule has 0 aromatic heterocycles. The van der Waals surface area contributed by atoms with E-state index in [1.54, 1.807) is 7.11 Å². The molecule has 5 N–H and O–H groups in total. The minimum absolute atomic E-state index is 0.118. The molecule has 4 aromatic carbocycles. The molecular weight excluding hydrogens is 879 g/mol. The number of anilines is 4. The Labute approximate surface area is 430 Å². The largest absolute Gasteiger partial charge is 0.495 e. The summed E-state index contributed by atoms with van der Waals surface area (Å²) in [7, 11) is 1.76. The van der Waals surface area contributed by atoms with Crippen LogP contribution in [0.15, 0.2) is 72.8 Å². The van der Waals surface area contributed by atoms with Crippen molar-refractivity contribution in [1.29, 1.82) is 5.26 Å². The van der Waals surface area contributed by atoms with Crippen molar-refractivity contribution in [3.8, 4) is 11.8 Å². The summed E-state index contributed by atoms with van der Waals surface area (Å²) in [4.78, 5) is 9.68. The molecule has 11 nitrogen and oxygen atoms in total. The van der Waals surface area contributed by atoms with E-state index >= 15 is 0 Å². The van der Waals surface area contributed by atoms with E-state index in [0.29, 0.717) is 47.8 Å². The average Bonchev–Trinajstić information content (AvgIpc) is 3.37. The first-order valence-electron chi connectivity index (χ1n) is 26.9. The SMILES string of the molecule is CC(C)c1ccc(N2CCNC[C@@H]2C)c(C#N)c1.CC(C)c1ccc(N2CCNC[C@@H]2C)c(CO)c1.COc1cc(C(C)C)ccc1N1CCNC[C@@H]1C.Cc1cc(C(C)C)ccc1N1CCNC[C@@H]1C. The Morgan fingerprint density at radius 1 is 0.521 bits per heavy atom. The van der Waals surface area contributed by atoms with Gasteiger partial charge in [0.2, 0.25) is 0 Å². The summed E-state index contributed by atoms with van der Waals surface area (Å²) < 4.78 is 5.58. The topological polar surface area (TPSA) is 114 Å². The Bertz CT molecular complexity index is 2210. The number of piperazine rings is 4. The van der Waals surface area contributed by atoms with Crippen molar-refractivity contribution in [2.75, 3.05) is 105 Å². The fourth-order valence-corrected chi connectivity index (χ4v) is 10.1. The first-order chi connectivity index (χ1) is 34.0. The summed E-state index contributed by atoms with van der Waals surface area (Å²) in [6, 6.07) is 30.7. The zero-order valence-electron chi connectivity index (χ0n) is 46.3. The third-order valence-corrected chi connectivity index (χ3v) is 14.7. The first-order valence-corrected chi connectivity index (χ1v) is 26.9. The zero-order chi connectivity index (χ0) is 51.8. The van der Waals surface area contributed by atoms with Crippen LogP contribution >= 0.6 is 0 Å². The predicted octanol–water partition coefficient (Wildman–Crippen LogP) is 10.1. The number of hydrogen-bond acceptors (Lipinski definition) is 11. The highest BCUT2D eigenvalue weighted by Crippen LogP contribution is 2.34. The van der Waals surface area contributed by atoms with Crippen LogP contribution in [0.1, 0.15) is 146 Å². The summed E-state index contributed by atoms with van der Waals surface area (Å²) in [5.74, 6) is 3.11. The standard InChI is InChI=1S/C15H21N3.2C15H24N2O.C15H24N2/c1-11(2)13-4-5-15(14(8-13)9-16)18-7-6-17-10-12(18)3;1-11(2)13-5-6-14(15(9-13)18-4)17-8-7-16-10-12(17)3;1-11(2)13-4-5-15(14(8-13)10-18)17-7-6-16-9-12(17)3;1-11(2)14-5-6-15(12(3)9-14)17-8-7-16-10-13(17)4/h4-5,8,11-12,17H,6-7,10H2,1-3H3;5-6,9,11-12,16H,7-8,10H2,1-4H3;4-5,8,11-12,16,18H,6-7,9-10H2,1-3H3;5-6,9,11,13,16H,7-8,10H2,1-4H3/t3*12-;13-/m0000/s1. The van der Waals surface area contributed by atoms with Gasteiger partial charge in [0.15, 0.2) is 0 Å². The number of hydrogen-bond donors (Lipinski definition) is 5. The molecule has 0 saturated carbocycles. The van der Waals surface area contributed by atoms with Crippen LogP contribution in [-0.4, -0.2) is 115 Å². The number of methoxy groups -OCH3 is 1. The predicted molar refractivity (Wildman–Crippen MR) is 303 cm³/mol. The van der Waals surface area contributed by atoms with Crippen LogP contribution in [0.4, 0.5) is 22.7 Å². The maximum absolute atomic E-state index is 9.60. The van der Waals surface area contributed by atoms with Gasteiger partial charge in [-0.25, -0.2) is 0 Å². The lowest BCUT2D eigenvalue weighted by Gasteiger charge is -2.37. The van der Waals surface area contributed by atoms with E-state index in [1.807, 2.05) is 6.07 Å². The van der Waals surface area contributed by atoms with E-state index in [0.717, 1.165) is 101 Å². The minimum atomic E-state index is 0.118. The number of aliphatic hydroxyl groups excluding tert-OH is 1. The van der Waals surface area contributed by atoms with Gasteiger partial charge in [-0.2, -0.15) is 5.26 Å². The monoisotopic (exact) mass is 972 g/mol. The van der Waals surface area contributed by atoms with Crippen LogP contribution in [-0.2, 0) is 6.61 Å². The molecule has 4 atom stereocenters. The van der Waals surface area contributed by atoms with Gasteiger partial charge in [0.1, 0.15) is 11.8 Å². The second-order valence-electron chi connectivity index (χ2n) is 21.5. The minimum Gasteiger partial charge on any atom is -0.495 e. The van der Waals surface area contributed by atoms with E-state index in [-0.39, 0.29) is 6.61 Å². The van der Waals surface area contributed by atoms with Gasteiger partial charge in [0, 0.05) is 120 Å². The molecule has 4 saturated heterocycles. The molecule has 0 radical (unpaired) electrons. The smallest absolute Gasteiger partial charge is 0.142 e. The molecule has 0 spiro atoms. The molecule has 0 unspecified atom stereocenters. The van der Waals surface area contributed by atoms with Crippen LogP contribution in [0, 0.1) is 18.3 Å². The van der Waals surface area contributed by atoms with Gasteiger partial charge >= 0.3 is 0 Å². The van der Waals surface area contributed by atoms with E-state index in [2.05, 4.69) is 204 Å². The first kappa shape index (κ1) is 57.1. The van der Waals surface area contributed by atoms with Crippen LogP contribution in [0.25, 0.3) is 0 Å². The number of nitriles is 1. The number of benzene rings is 4. The number of aliphatic hydroxyl groups is 1. The van der Waals surface area contributed by atoms with Crippen molar-refractivity contribution in [2.45, 2.75) is 144 Å². The lowest BCUT2D eigenvalue weighted by molar-refractivity contribution is 0.281. The third kappa shape index (κ3) is 15.6. The fraction of sp³-hybridized carbons (Fsp3) is 0.583. The highest BCUT2D eigenvalue weighted by atomic mass is 16.5. The quantitative estimate of drug-likeness (QED) is 0.105. The summed E-state index contributed by atoms with van der Waals surface area (Å²) >= 11 is 0. The van der Waals surface area contributed by atoms with E-state index in [1.165, 1.54) is 44.9 Å². The second-order valence-corrected chi connectivity index (χ2v) is 21.5. The Balaban J connectivity index is 0.000000176. The lowest BCUT2D eigenvalue weighted by Crippen LogP contribution is -2.50. The summed E-state index contributed by atoms with van der Waals surface area (Å²) in [6.07, 6.45) is 0. The maximum atomic E-state index is 9.60. The molecule has 4 aliphatic rings. The normalized spacial score (nSPS) is 20.4. The Morgan fingerprint density at radius 2 is 0.873 bits per heavy atom. The molecule has 4 heterocycles. The molecule has 4 aliphatic heterocycles. The van der Waals surface area contributed by atoms with Crippen molar-refractivity contribution in [2.24, 2.45) is 0 Å². The fourth-order valence-electron chi connectivity index (χ4n) is 10.1. The second kappa shape index (κ2) is 27.8. The highest BCUT2D eigenvalue weighted by Gasteiger charge is 2.24. The molecule has 0 amide bonds. The molecule has 71 heavy (non-hydrogen) atoms. The van der Waals surface area contributed by atoms with Gasteiger partial charge < -0.3 is 50.7 Å².